The van der Waals surface area contributed by atoms with Crippen LogP contribution in [0.1, 0.15) is 53.6 Å². The number of amides is 1. The van der Waals surface area contributed by atoms with Crippen LogP contribution < -0.4 is 5.32 Å². The molecule has 1 aliphatic carbocycles. The number of aryl methyl sites for hydroxylation is 2. The lowest BCUT2D eigenvalue weighted by Gasteiger charge is -2.33. The largest absolute Gasteiger partial charge is 0.316 e. The van der Waals surface area contributed by atoms with Crippen LogP contribution in [0.4, 0.5) is 5.00 Å². The van der Waals surface area contributed by atoms with Crippen LogP contribution in [0.2, 0.25) is 0 Å². The fourth-order valence-corrected chi connectivity index (χ4v) is 7.30. The molecule has 31 heavy (non-hydrogen) atoms. The summed E-state index contributed by atoms with van der Waals surface area (Å²) in [5, 5.41) is 15.3. The number of carbonyl (C=O) groups is 1. The molecule has 8 heteroatoms. The summed E-state index contributed by atoms with van der Waals surface area (Å²) < 4.78 is 0. The zero-order valence-corrected chi connectivity index (χ0v) is 20.9. The van der Waals surface area contributed by atoms with E-state index in [9.17, 15) is 10.1 Å². The number of nitrogens with zero attached hydrogens (tertiary/aromatic N) is 3. The first-order valence-corrected chi connectivity index (χ1v) is 13.0. The van der Waals surface area contributed by atoms with Gasteiger partial charge >= 0.3 is 0 Å². The van der Waals surface area contributed by atoms with Crippen molar-refractivity contribution in [1.29, 1.82) is 5.26 Å². The van der Waals surface area contributed by atoms with E-state index in [0.29, 0.717) is 16.5 Å². The van der Waals surface area contributed by atoms with E-state index in [0.717, 1.165) is 40.1 Å². The van der Waals surface area contributed by atoms with Gasteiger partial charge in [0.15, 0.2) is 0 Å². The van der Waals surface area contributed by atoms with Crippen LogP contribution in [-0.4, -0.2) is 21.6 Å². The lowest BCUT2D eigenvalue weighted by molar-refractivity contribution is -0.113. The summed E-state index contributed by atoms with van der Waals surface area (Å²) in [5.41, 5.74) is 3.21. The van der Waals surface area contributed by atoms with E-state index < -0.39 is 0 Å². The van der Waals surface area contributed by atoms with Gasteiger partial charge in [0.25, 0.3) is 0 Å². The number of carbonyl (C=O) groups excluding carboxylic acids is 1. The molecule has 3 aromatic rings. The number of rotatable bonds is 4. The maximum absolute atomic E-state index is 12.7. The van der Waals surface area contributed by atoms with Crippen LogP contribution in [0.15, 0.2) is 11.4 Å². The Kier molecular flexibility index (Phi) is 6.12. The average molecular weight is 471 g/mol. The standard InChI is InChI=1S/C23H26N4OS3/c1-12-13(2)30-22-19(12)21(25-11-26-22)29-10-18(28)27-20-16(9-24)15-7-6-14(23(3,4)5)8-17(15)31-20/h11,14H,6-8,10H2,1-5H3,(H,27,28). The Morgan fingerprint density at radius 3 is 2.81 bits per heavy atom. The van der Waals surface area contributed by atoms with Crippen molar-refractivity contribution in [3.05, 3.63) is 32.8 Å². The van der Waals surface area contributed by atoms with Gasteiger partial charge in [-0.15, -0.1) is 22.7 Å². The average Bonchev–Trinajstić information content (AvgIpc) is 3.21. The quantitative estimate of drug-likeness (QED) is 0.367. The second kappa shape index (κ2) is 8.53. The van der Waals surface area contributed by atoms with Gasteiger partial charge in [0.05, 0.1) is 11.3 Å². The van der Waals surface area contributed by atoms with Crippen molar-refractivity contribution in [2.75, 3.05) is 11.1 Å². The topological polar surface area (TPSA) is 78.7 Å². The third-order valence-electron chi connectivity index (χ3n) is 6.13. The van der Waals surface area contributed by atoms with Crippen molar-refractivity contribution in [1.82, 2.24) is 9.97 Å². The van der Waals surface area contributed by atoms with Crippen molar-refractivity contribution in [3.8, 4) is 6.07 Å². The first-order valence-electron chi connectivity index (χ1n) is 10.4. The van der Waals surface area contributed by atoms with Gasteiger partial charge in [0.2, 0.25) is 5.91 Å². The number of aromatic nitrogens is 2. The van der Waals surface area contributed by atoms with E-state index in [2.05, 4.69) is 56.0 Å². The first kappa shape index (κ1) is 22.3. The lowest BCUT2D eigenvalue weighted by atomic mass is 9.72. The number of fused-ring (bicyclic) bond motifs is 2. The summed E-state index contributed by atoms with van der Waals surface area (Å²) in [5.74, 6) is 0.740. The molecule has 0 aliphatic heterocycles. The minimum atomic E-state index is -0.108. The van der Waals surface area contributed by atoms with E-state index in [1.807, 2.05) is 0 Å². The SMILES string of the molecule is Cc1sc2ncnc(SCC(=O)Nc3sc4c(c3C#N)CCC(C(C)(C)C)C4)c2c1C. The van der Waals surface area contributed by atoms with Crippen LogP contribution in [0, 0.1) is 36.5 Å². The number of thiophene rings is 2. The minimum absolute atomic E-state index is 0.108. The van der Waals surface area contributed by atoms with Crippen LogP contribution in [0.5, 0.6) is 0 Å². The molecule has 0 saturated carbocycles. The maximum atomic E-state index is 12.7. The van der Waals surface area contributed by atoms with Gasteiger partial charge in [0, 0.05) is 15.1 Å². The normalized spacial score (nSPS) is 16.2. The van der Waals surface area contributed by atoms with Crippen LogP contribution >= 0.6 is 34.4 Å². The number of thioether (sulfide) groups is 1. The molecule has 1 amide bonds. The van der Waals surface area contributed by atoms with Gasteiger partial charge in [-0.25, -0.2) is 9.97 Å². The summed E-state index contributed by atoms with van der Waals surface area (Å²) in [4.78, 5) is 24.9. The summed E-state index contributed by atoms with van der Waals surface area (Å²) in [6.45, 7) is 11.0. The van der Waals surface area contributed by atoms with Gasteiger partial charge in [-0.1, -0.05) is 32.5 Å². The molecule has 0 bridgehead atoms. The van der Waals surface area contributed by atoms with Gasteiger partial charge in [-0.05, 0) is 55.6 Å². The molecule has 3 heterocycles. The Labute approximate surface area is 195 Å². The fourth-order valence-electron chi connectivity index (χ4n) is 4.09. The Morgan fingerprint density at radius 1 is 1.32 bits per heavy atom. The first-order chi connectivity index (χ1) is 14.7. The number of nitrogens with one attached hydrogen (secondary N) is 1. The summed E-state index contributed by atoms with van der Waals surface area (Å²) >= 11 is 4.65. The van der Waals surface area contributed by atoms with Crippen molar-refractivity contribution >= 4 is 55.6 Å². The lowest BCUT2D eigenvalue weighted by Crippen LogP contribution is -2.26. The fraction of sp³-hybridized carbons (Fsp3) is 0.478. The molecular formula is C23H26N4OS3. The van der Waals surface area contributed by atoms with Gasteiger partial charge < -0.3 is 5.32 Å². The van der Waals surface area contributed by atoms with Crippen molar-refractivity contribution in [2.24, 2.45) is 11.3 Å². The molecule has 0 aromatic carbocycles. The molecule has 4 rings (SSSR count). The molecule has 0 saturated heterocycles. The highest BCUT2D eigenvalue weighted by Crippen LogP contribution is 2.44. The van der Waals surface area contributed by atoms with E-state index >= 15 is 0 Å². The second-order valence-corrected chi connectivity index (χ2v) is 12.4. The molecule has 3 aromatic heterocycles. The van der Waals surface area contributed by atoms with Gasteiger partial charge in [-0.2, -0.15) is 5.26 Å². The molecule has 1 unspecified atom stereocenters. The molecular weight excluding hydrogens is 444 g/mol. The van der Waals surface area contributed by atoms with Gasteiger partial charge in [0.1, 0.15) is 27.3 Å². The molecule has 1 aliphatic rings. The molecule has 162 valence electrons. The number of hydrogen-bond donors (Lipinski definition) is 1. The summed E-state index contributed by atoms with van der Waals surface area (Å²) in [6, 6.07) is 2.34. The molecule has 0 spiro atoms. The molecule has 5 nitrogen and oxygen atoms in total. The zero-order valence-electron chi connectivity index (χ0n) is 18.5. The molecule has 0 fully saturated rings. The Bertz CT molecular complexity index is 1200. The Hall–Kier alpha value is -1.95. The third kappa shape index (κ3) is 4.36. The summed E-state index contributed by atoms with van der Waals surface area (Å²) in [7, 11) is 0. The molecule has 1 N–H and O–H groups in total. The predicted octanol–water partition coefficient (Wildman–Crippen LogP) is 6.12. The van der Waals surface area contributed by atoms with Gasteiger partial charge in [-0.3, -0.25) is 4.79 Å². The molecule has 1 atom stereocenters. The number of nitriles is 1. The summed E-state index contributed by atoms with van der Waals surface area (Å²) in [6.07, 6.45) is 4.55. The van der Waals surface area contributed by atoms with Crippen molar-refractivity contribution in [2.45, 2.75) is 58.9 Å². The van der Waals surface area contributed by atoms with Crippen LogP contribution in [-0.2, 0) is 17.6 Å². The van der Waals surface area contributed by atoms with Crippen molar-refractivity contribution < 1.29 is 4.79 Å². The van der Waals surface area contributed by atoms with E-state index in [4.69, 9.17) is 0 Å². The Balaban J connectivity index is 1.49. The van der Waals surface area contributed by atoms with Crippen molar-refractivity contribution in [3.63, 3.8) is 0 Å². The maximum Gasteiger partial charge on any atom is 0.235 e. The smallest absolute Gasteiger partial charge is 0.235 e. The number of anilines is 1. The van der Waals surface area contributed by atoms with E-state index in [1.54, 1.807) is 29.0 Å². The van der Waals surface area contributed by atoms with Crippen LogP contribution in [0.3, 0.4) is 0 Å². The monoisotopic (exact) mass is 470 g/mol. The van der Waals surface area contributed by atoms with E-state index in [1.165, 1.54) is 27.1 Å². The predicted molar refractivity (Wildman–Crippen MR) is 130 cm³/mol. The Morgan fingerprint density at radius 2 is 2.10 bits per heavy atom. The highest BCUT2D eigenvalue weighted by molar-refractivity contribution is 8.00. The minimum Gasteiger partial charge on any atom is -0.316 e. The number of hydrogen-bond acceptors (Lipinski definition) is 7. The second-order valence-electron chi connectivity index (χ2n) is 9.10. The zero-order chi connectivity index (χ0) is 22.3. The highest BCUT2D eigenvalue weighted by atomic mass is 32.2. The molecule has 0 radical (unpaired) electrons. The third-order valence-corrected chi connectivity index (χ3v) is 9.40. The van der Waals surface area contributed by atoms with E-state index in [-0.39, 0.29) is 17.1 Å². The van der Waals surface area contributed by atoms with Crippen LogP contribution in [0.25, 0.3) is 10.2 Å². The highest BCUT2D eigenvalue weighted by Gasteiger charge is 2.32.